The molecular formula is C14H17NO2. The monoisotopic (exact) mass is 231 g/mol. The SMILES string of the molecule is COc1ccc2oc3c(c2c1)CCCN(C)C3. The molecule has 0 atom stereocenters. The molecule has 0 aliphatic carbocycles. The minimum absolute atomic E-state index is 0.902. The fourth-order valence-corrected chi connectivity index (χ4v) is 2.56. The lowest BCUT2D eigenvalue weighted by Gasteiger charge is -2.10. The van der Waals surface area contributed by atoms with Crippen molar-refractivity contribution < 1.29 is 9.15 Å². The summed E-state index contributed by atoms with van der Waals surface area (Å²) in [5.41, 5.74) is 2.34. The summed E-state index contributed by atoms with van der Waals surface area (Å²) < 4.78 is 11.2. The third kappa shape index (κ3) is 1.80. The smallest absolute Gasteiger partial charge is 0.134 e. The molecule has 17 heavy (non-hydrogen) atoms. The molecule has 0 N–H and O–H groups in total. The van der Waals surface area contributed by atoms with Crippen LogP contribution in [0.4, 0.5) is 0 Å². The molecule has 3 rings (SSSR count). The molecule has 0 fully saturated rings. The third-order valence-corrected chi connectivity index (χ3v) is 3.46. The molecule has 90 valence electrons. The van der Waals surface area contributed by atoms with Crippen LogP contribution in [0.1, 0.15) is 17.7 Å². The third-order valence-electron chi connectivity index (χ3n) is 3.46. The van der Waals surface area contributed by atoms with E-state index in [4.69, 9.17) is 9.15 Å². The Hall–Kier alpha value is -1.48. The second kappa shape index (κ2) is 4.08. The van der Waals surface area contributed by atoms with E-state index in [1.165, 1.54) is 17.4 Å². The number of nitrogens with zero attached hydrogens (tertiary/aromatic N) is 1. The molecule has 0 saturated carbocycles. The number of rotatable bonds is 1. The van der Waals surface area contributed by atoms with Gasteiger partial charge in [-0.1, -0.05) is 0 Å². The largest absolute Gasteiger partial charge is 0.497 e. The molecule has 2 aromatic rings. The average molecular weight is 231 g/mol. The van der Waals surface area contributed by atoms with Gasteiger partial charge in [0.05, 0.1) is 13.7 Å². The van der Waals surface area contributed by atoms with E-state index < -0.39 is 0 Å². The standard InChI is InChI=1S/C14H17NO2/c1-15-7-3-4-11-12-8-10(16-2)5-6-13(12)17-14(11)9-15/h5-6,8H,3-4,7,9H2,1-2H3. The molecule has 1 aliphatic heterocycles. The molecule has 3 heteroatoms. The molecule has 0 saturated heterocycles. The van der Waals surface area contributed by atoms with Crippen LogP contribution in [0.2, 0.25) is 0 Å². The number of benzene rings is 1. The lowest BCUT2D eigenvalue weighted by Crippen LogP contribution is -2.16. The topological polar surface area (TPSA) is 25.6 Å². The van der Waals surface area contributed by atoms with E-state index in [9.17, 15) is 0 Å². The molecule has 0 amide bonds. The Morgan fingerprint density at radius 2 is 2.24 bits per heavy atom. The summed E-state index contributed by atoms with van der Waals surface area (Å²) in [5.74, 6) is 2.02. The van der Waals surface area contributed by atoms with E-state index in [0.717, 1.165) is 36.6 Å². The van der Waals surface area contributed by atoms with Gasteiger partial charge in [0, 0.05) is 10.9 Å². The quantitative estimate of drug-likeness (QED) is 0.754. The van der Waals surface area contributed by atoms with Crippen LogP contribution in [-0.2, 0) is 13.0 Å². The van der Waals surface area contributed by atoms with Crippen molar-refractivity contribution in [2.24, 2.45) is 0 Å². The molecule has 1 aromatic carbocycles. The zero-order valence-corrected chi connectivity index (χ0v) is 10.3. The number of hydrogen-bond donors (Lipinski definition) is 0. The minimum atomic E-state index is 0.902. The fourth-order valence-electron chi connectivity index (χ4n) is 2.56. The van der Waals surface area contributed by atoms with Crippen LogP contribution in [0.25, 0.3) is 11.0 Å². The van der Waals surface area contributed by atoms with Gasteiger partial charge in [-0.15, -0.1) is 0 Å². The Balaban J connectivity index is 2.15. The lowest BCUT2D eigenvalue weighted by molar-refractivity contribution is 0.307. The average Bonchev–Trinajstić information content (AvgIpc) is 2.55. The number of methoxy groups -OCH3 is 1. The number of fused-ring (bicyclic) bond motifs is 3. The Morgan fingerprint density at radius 3 is 3.06 bits per heavy atom. The van der Waals surface area contributed by atoms with Gasteiger partial charge in [-0.25, -0.2) is 0 Å². The highest BCUT2D eigenvalue weighted by Crippen LogP contribution is 2.32. The maximum atomic E-state index is 5.94. The first-order valence-electron chi connectivity index (χ1n) is 6.05. The number of ether oxygens (including phenoxy) is 1. The van der Waals surface area contributed by atoms with Gasteiger partial charge >= 0.3 is 0 Å². The molecule has 0 unspecified atom stereocenters. The van der Waals surface area contributed by atoms with Crippen LogP contribution in [-0.4, -0.2) is 25.6 Å². The van der Waals surface area contributed by atoms with E-state index >= 15 is 0 Å². The van der Waals surface area contributed by atoms with Gasteiger partial charge in [-0.3, -0.25) is 4.90 Å². The van der Waals surface area contributed by atoms with Crippen molar-refractivity contribution in [1.29, 1.82) is 0 Å². The first-order chi connectivity index (χ1) is 8.28. The molecule has 0 bridgehead atoms. The van der Waals surface area contributed by atoms with Crippen molar-refractivity contribution in [3.8, 4) is 5.75 Å². The van der Waals surface area contributed by atoms with Crippen molar-refractivity contribution in [1.82, 2.24) is 4.90 Å². The first-order valence-corrected chi connectivity index (χ1v) is 6.05. The zero-order valence-electron chi connectivity index (χ0n) is 10.3. The van der Waals surface area contributed by atoms with Gasteiger partial charge in [0.25, 0.3) is 0 Å². The highest BCUT2D eigenvalue weighted by molar-refractivity contribution is 5.83. The second-order valence-corrected chi connectivity index (χ2v) is 4.71. The van der Waals surface area contributed by atoms with Crippen molar-refractivity contribution >= 4 is 11.0 Å². The highest BCUT2D eigenvalue weighted by Gasteiger charge is 2.19. The number of furan rings is 1. The number of hydrogen-bond acceptors (Lipinski definition) is 3. The Kier molecular flexibility index (Phi) is 2.56. The van der Waals surface area contributed by atoms with Gasteiger partial charge in [0.2, 0.25) is 0 Å². The van der Waals surface area contributed by atoms with Crippen LogP contribution >= 0.6 is 0 Å². The summed E-state index contributed by atoms with van der Waals surface area (Å²) in [4.78, 5) is 2.31. The summed E-state index contributed by atoms with van der Waals surface area (Å²) in [6, 6.07) is 6.04. The summed E-state index contributed by atoms with van der Waals surface area (Å²) in [6.07, 6.45) is 2.29. The molecule has 0 spiro atoms. The maximum absolute atomic E-state index is 5.94. The van der Waals surface area contributed by atoms with E-state index in [0.29, 0.717) is 0 Å². The van der Waals surface area contributed by atoms with Crippen LogP contribution < -0.4 is 4.74 Å². The molecular weight excluding hydrogens is 214 g/mol. The minimum Gasteiger partial charge on any atom is -0.497 e. The summed E-state index contributed by atoms with van der Waals surface area (Å²) in [5, 5.41) is 1.22. The van der Waals surface area contributed by atoms with Gasteiger partial charge < -0.3 is 9.15 Å². The van der Waals surface area contributed by atoms with Gasteiger partial charge in [0.1, 0.15) is 17.1 Å². The van der Waals surface area contributed by atoms with E-state index in [2.05, 4.69) is 18.0 Å². The van der Waals surface area contributed by atoms with Crippen LogP contribution in [0.15, 0.2) is 22.6 Å². The Morgan fingerprint density at radius 1 is 1.35 bits per heavy atom. The molecule has 1 aliphatic rings. The van der Waals surface area contributed by atoms with E-state index in [1.807, 2.05) is 12.1 Å². The maximum Gasteiger partial charge on any atom is 0.134 e. The Labute approximate surface area is 101 Å². The summed E-state index contributed by atoms with van der Waals surface area (Å²) >= 11 is 0. The van der Waals surface area contributed by atoms with Crippen LogP contribution in [0.5, 0.6) is 5.75 Å². The van der Waals surface area contributed by atoms with Gasteiger partial charge in [-0.2, -0.15) is 0 Å². The molecule has 3 nitrogen and oxygen atoms in total. The van der Waals surface area contributed by atoms with Crippen molar-refractivity contribution in [3.05, 3.63) is 29.5 Å². The zero-order chi connectivity index (χ0) is 11.8. The van der Waals surface area contributed by atoms with Crippen molar-refractivity contribution in [3.63, 3.8) is 0 Å². The second-order valence-electron chi connectivity index (χ2n) is 4.71. The highest BCUT2D eigenvalue weighted by atomic mass is 16.5. The predicted molar refractivity (Wildman–Crippen MR) is 67.4 cm³/mol. The van der Waals surface area contributed by atoms with E-state index in [-0.39, 0.29) is 0 Å². The summed E-state index contributed by atoms with van der Waals surface area (Å²) in [6.45, 7) is 2.04. The molecule has 2 heterocycles. The van der Waals surface area contributed by atoms with Gasteiger partial charge in [-0.05, 0) is 44.6 Å². The predicted octanol–water partition coefficient (Wildman–Crippen LogP) is 2.82. The Bertz CT molecular complexity index is 544. The van der Waals surface area contributed by atoms with Crippen LogP contribution in [0.3, 0.4) is 0 Å². The van der Waals surface area contributed by atoms with Crippen LogP contribution in [0, 0.1) is 0 Å². The lowest BCUT2D eigenvalue weighted by atomic mass is 10.1. The normalized spacial score (nSPS) is 16.8. The van der Waals surface area contributed by atoms with E-state index in [1.54, 1.807) is 7.11 Å². The van der Waals surface area contributed by atoms with Crippen molar-refractivity contribution in [2.45, 2.75) is 19.4 Å². The van der Waals surface area contributed by atoms with Gasteiger partial charge in [0.15, 0.2) is 0 Å². The van der Waals surface area contributed by atoms with Crippen molar-refractivity contribution in [2.75, 3.05) is 20.7 Å². The first kappa shape index (κ1) is 10.7. The fraction of sp³-hybridized carbons (Fsp3) is 0.429. The molecule has 1 aromatic heterocycles. The number of aryl methyl sites for hydroxylation is 1. The summed E-state index contributed by atoms with van der Waals surface area (Å²) in [7, 11) is 3.84. The molecule has 0 radical (unpaired) electrons.